The molecule has 0 saturated heterocycles. The first-order valence-electron chi connectivity index (χ1n) is 8.32. The Labute approximate surface area is 151 Å². The van der Waals surface area contributed by atoms with Crippen LogP contribution in [0.2, 0.25) is 0 Å². The molecule has 136 valence electrons. The fourth-order valence-electron chi connectivity index (χ4n) is 2.53. The summed E-state index contributed by atoms with van der Waals surface area (Å²) in [4.78, 5) is 4.51. The highest BCUT2D eigenvalue weighted by molar-refractivity contribution is 5.32. The molecule has 0 bridgehead atoms. The van der Waals surface area contributed by atoms with Crippen LogP contribution in [-0.4, -0.2) is 28.4 Å². The van der Waals surface area contributed by atoms with Gasteiger partial charge < -0.3 is 15.2 Å². The maximum Gasteiger partial charge on any atom is 0.188 e. The number of halogens is 1. The first-order chi connectivity index (χ1) is 12.7. The van der Waals surface area contributed by atoms with Crippen LogP contribution < -0.4 is 15.2 Å². The zero-order valence-corrected chi connectivity index (χ0v) is 14.6. The third-order valence-corrected chi connectivity index (χ3v) is 3.81. The molecule has 7 heteroatoms. The monoisotopic (exact) mass is 356 g/mol. The number of ether oxygens (including phenoxy) is 2. The van der Waals surface area contributed by atoms with Crippen LogP contribution in [0.1, 0.15) is 17.2 Å². The van der Waals surface area contributed by atoms with E-state index in [-0.39, 0.29) is 12.4 Å². The summed E-state index contributed by atoms with van der Waals surface area (Å²) in [5, 5.41) is 4.50. The second-order valence-corrected chi connectivity index (χ2v) is 5.73. The van der Waals surface area contributed by atoms with E-state index in [9.17, 15) is 4.39 Å². The molecular formula is C19H21FN4O2. The smallest absolute Gasteiger partial charge is 0.188 e. The molecule has 0 aliphatic rings. The average Bonchev–Trinajstić information content (AvgIpc) is 3.04. The first kappa shape index (κ1) is 17.9. The molecule has 3 aromatic rings. The maximum absolute atomic E-state index is 13.1. The molecular weight excluding hydrogens is 335 g/mol. The van der Waals surface area contributed by atoms with Gasteiger partial charge in [0.15, 0.2) is 5.82 Å². The summed E-state index contributed by atoms with van der Waals surface area (Å²) in [6.07, 6.45) is 0.605. The van der Waals surface area contributed by atoms with E-state index in [1.54, 1.807) is 30.0 Å². The van der Waals surface area contributed by atoms with Gasteiger partial charge in [-0.3, -0.25) is 0 Å². The average molecular weight is 356 g/mol. The van der Waals surface area contributed by atoms with Gasteiger partial charge in [-0.2, -0.15) is 5.10 Å². The molecule has 0 amide bonds. The van der Waals surface area contributed by atoms with E-state index < -0.39 is 0 Å². The minimum absolute atomic E-state index is 0.237. The van der Waals surface area contributed by atoms with Gasteiger partial charge >= 0.3 is 0 Å². The van der Waals surface area contributed by atoms with Gasteiger partial charge in [0.2, 0.25) is 0 Å². The van der Waals surface area contributed by atoms with Crippen molar-refractivity contribution in [2.45, 2.75) is 19.6 Å². The molecule has 1 aromatic heterocycles. The standard InChI is InChI=1S/C19H21FN4O2/c1-25-16-3-2-4-17(11-16)26-13-18-22-19(9-10-21)24(23-18)12-14-5-7-15(20)8-6-14/h2-8,11H,9-10,12-13,21H2,1H3. The summed E-state index contributed by atoms with van der Waals surface area (Å²) >= 11 is 0. The molecule has 2 aromatic carbocycles. The quantitative estimate of drug-likeness (QED) is 0.671. The van der Waals surface area contributed by atoms with Crippen molar-refractivity contribution in [3.05, 3.63) is 71.6 Å². The molecule has 2 N–H and O–H groups in total. The van der Waals surface area contributed by atoms with E-state index in [2.05, 4.69) is 10.1 Å². The highest BCUT2D eigenvalue weighted by Crippen LogP contribution is 2.19. The van der Waals surface area contributed by atoms with Crippen LogP contribution in [0.15, 0.2) is 48.5 Å². The van der Waals surface area contributed by atoms with E-state index in [4.69, 9.17) is 15.2 Å². The van der Waals surface area contributed by atoms with Crippen LogP contribution in [0, 0.1) is 5.82 Å². The summed E-state index contributed by atoms with van der Waals surface area (Å²) in [7, 11) is 1.61. The van der Waals surface area contributed by atoms with E-state index in [0.717, 1.165) is 17.1 Å². The zero-order chi connectivity index (χ0) is 18.4. The molecule has 6 nitrogen and oxygen atoms in total. The Morgan fingerprint density at radius 3 is 2.62 bits per heavy atom. The van der Waals surface area contributed by atoms with Crippen LogP contribution in [0.25, 0.3) is 0 Å². The van der Waals surface area contributed by atoms with Crippen LogP contribution in [-0.2, 0) is 19.6 Å². The lowest BCUT2D eigenvalue weighted by Gasteiger charge is -2.06. The van der Waals surface area contributed by atoms with Crippen LogP contribution in [0.4, 0.5) is 4.39 Å². The molecule has 0 aliphatic carbocycles. The number of hydrogen-bond donors (Lipinski definition) is 1. The van der Waals surface area contributed by atoms with Crippen molar-refractivity contribution >= 4 is 0 Å². The Hall–Kier alpha value is -2.93. The van der Waals surface area contributed by atoms with Gasteiger partial charge in [-0.25, -0.2) is 14.1 Å². The van der Waals surface area contributed by atoms with E-state index in [1.165, 1.54) is 12.1 Å². The minimum Gasteiger partial charge on any atom is -0.497 e. The second kappa shape index (κ2) is 8.44. The lowest BCUT2D eigenvalue weighted by atomic mass is 10.2. The predicted octanol–water partition coefficient (Wildman–Crippen LogP) is 2.55. The number of rotatable bonds is 8. The number of methoxy groups -OCH3 is 1. The SMILES string of the molecule is COc1cccc(OCc2nc(CCN)n(Cc3ccc(F)cc3)n2)c1. The Bertz CT molecular complexity index is 849. The van der Waals surface area contributed by atoms with E-state index in [1.807, 2.05) is 18.2 Å². The number of aromatic nitrogens is 3. The lowest BCUT2D eigenvalue weighted by Crippen LogP contribution is -2.12. The molecule has 0 saturated carbocycles. The van der Waals surface area contributed by atoms with Crippen LogP contribution in [0.3, 0.4) is 0 Å². The summed E-state index contributed by atoms with van der Waals surface area (Å²) in [5.41, 5.74) is 6.61. The molecule has 0 atom stereocenters. The largest absolute Gasteiger partial charge is 0.497 e. The summed E-state index contributed by atoms with van der Waals surface area (Å²) in [6, 6.07) is 13.7. The Kier molecular flexibility index (Phi) is 5.80. The summed E-state index contributed by atoms with van der Waals surface area (Å²) in [6.45, 7) is 1.21. The topological polar surface area (TPSA) is 75.2 Å². The Balaban J connectivity index is 1.72. The number of benzene rings is 2. The molecule has 3 rings (SSSR count). The summed E-state index contributed by atoms with van der Waals surface area (Å²) in [5.74, 6) is 2.49. The van der Waals surface area contributed by atoms with Crippen molar-refractivity contribution in [2.75, 3.05) is 13.7 Å². The van der Waals surface area contributed by atoms with Gasteiger partial charge in [-0.1, -0.05) is 18.2 Å². The minimum atomic E-state index is -0.262. The number of nitrogens with two attached hydrogens (primary N) is 1. The van der Waals surface area contributed by atoms with Crippen molar-refractivity contribution in [3.8, 4) is 11.5 Å². The van der Waals surface area contributed by atoms with Crippen LogP contribution >= 0.6 is 0 Å². The first-order valence-corrected chi connectivity index (χ1v) is 8.32. The fraction of sp³-hybridized carbons (Fsp3) is 0.263. The van der Waals surface area contributed by atoms with Crippen molar-refractivity contribution in [3.63, 3.8) is 0 Å². The number of hydrogen-bond acceptors (Lipinski definition) is 5. The Morgan fingerprint density at radius 1 is 1.12 bits per heavy atom. The second-order valence-electron chi connectivity index (χ2n) is 5.73. The Morgan fingerprint density at radius 2 is 1.88 bits per heavy atom. The van der Waals surface area contributed by atoms with Crippen molar-refractivity contribution in [1.82, 2.24) is 14.8 Å². The van der Waals surface area contributed by atoms with Crippen molar-refractivity contribution in [2.24, 2.45) is 5.73 Å². The molecule has 0 radical (unpaired) electrons. The van der Waals surface area contributed by atoms with Gasteiger partial charge in [-0.15, -0.1) is 0 Å². The highest BCUT2D eigenvalue weighted by atomic mass is 19.1. The van der Waals surface area contributed by atoms with Gasteiger partial charge in [-0.05, 0) is 36.4 Å². The van der Waals surface area contributed by atoms with E-state index >= 15 is 0 Å². The number of nitrogens with zero attached hydrogens (tertiary/aromatic N) is 3. The van der Waals surface area contributed by atoms with Gasteiger partial charge in [0.05, 0.1) is 13.7 Å². The third-order valence-electron chi connectivity index (χ3n) is 3.81. The maximum atomic E-state index is 13.1. The summed E-state index contributed by atoms with van der Waals surface area (Å²) < 4.78 is 25.8. The fourth-order valence-corrected chi connectivity index (χ4v) is 2.53. The molecule has 26 heavy (non-hydrogen) atoms. The van der Waals surface area contributed by atoms with Gasteiger partial charge in [0, 0.05) is 12.5 Å². The van der Waals surface area contributed by atoms with E-state index in [0.29, 0.717) is 31.1 Å². The molecule has 0 fully saturated rings. The predicted molar refractivity (Wildman–Crippen MR) is 95.6 cm³/mol. The normalized spacial score (nSPS) is 10.7. The highest BCUT2D eigenvalue weighted by Gasteiger charge is 2.11. The van der Waals surface area contributed by atoms with Gasteiger partial charge in [0.25, 0.3) is 0 Å². The zero-order valence-electron chi connectivity index (χ0n) is 14.6. The molecule has 0 unspecified atom stereocenters. The third kappa shape index (κ3) is 4.58. The van der Waals surface area contributed by atoms with Crippen molar-refractivity contribution in [1.29, 1.82) is 0 Å². The lowest BCUT2D eigenvalue weighted by molar-refractivity contribution is 0.293. The van der Waals surface area contributed by atoms with Crippen molar-refractivity contribution < 1.29 is 13.9 Å². The van der Waals surface area contributed by atoms with Gasteiger partial charge in [0.1, 0.15) is 29.7 Å². The molecule has 1 heterocycles. The molecule has 0 spiro atoms. The molecule has 0 aliphatic heterocycles. The van der Waals surface area contributed by atoms with Crippen LogP contribution in [0.5, 0.6) is 11.5 Å².